The first-order valence-corrected chi connectivity index (χ1v) is 11.0. The van der Waals surface area contributed by atoms with Crippen LogP contribution in [0.1, 0.15) is 24.2 Å². The molecule has 0 aliphatic rings. The average Bonchev–Trinajstić information content (AvgIpc) is 3.27. The predicted molar refractivity (Wildman–Crippen MR) is 129 cm³/mol. The fraction of sp³-hybridized carbons (Fsp3) is 0.240. The number of fused-ring (bicyclic) bond motifs is 1. The van der Waals surface area contributed by atoms with Gasteiger partial charge in [-0.2, -0.15) is 5.10 Å². The number of urea groups is 1. The molecule has 0 radical (unpaired) electrons. The maximum Gasteiger partial charge on any atom is 0.320 e. The molecule has 2 aromatic carbocycles. The van der Waals surface area contributed by atoms with Crippen LogP contribution in [0.25, 0.3) is 16.6 Å². The van der Waals surface area contributed by atoms with Gasteiger partial charge in [0.05, 0.1) is 35.7 Å². The quantitative estimate of drug-likeness (QED) is 0.325. The molecule has 0 bridgehead atoms. The number of pyridine rings is 1. The number of methoxy groups -OCH3 is 1. The van der Waals surface area contributed by atoms with Crippen LogP contribution in [0.5, 0.6) is 0 Å². The van der Waals surface area contributed by atoms with E-state index in [9.17, 15) is 9.18 Å². The molecule has 176 valence electrons. The number of amides is 2. The van der Waals surface area contributed by atoms with Gasteiger partial charge < -0.3 is 15.4 Å². The lowest BCUT2D eigenvalue weighted by atomic mass is 10.1. The SMILES string of the molecule is COCCNCc1nc(NC(=O)NC(C)c2ccccc2)cc2cnn(-c3ccc(F)cc3)c12. The summed E-state index contributed by atoms with van der Waals surface area (Å²) in [5.74, 6) is 0.0921. The van der Waals surface area contributed by atoms with Gasteiger partial charge in [0.2, 0.25) is 0 Å². The second-order valence-electron chi connectivity index (χ2n) is 7.83. The van der Waals surface area contributed by atoms with Crippen molar-refractivity contribution in [2.45, 2.75) is 19.5 Å². The zero-order chi connectivity index (χ0) is 23.9. The van der Waals surface area contributed by atoms with E-state index in [0.717, 1.165) is 16.5 Å². The van der Waals surface area contributed by atoms with Crippen LogP contribution in [-0.2, 0) is 11.3 Å². The largest absolute Gasteiger partial charge is 0.383 e. The third-order valence-electron chi connectivity index (χ3n) is 5.35. The Bertz CT molecular complexity index is 1240. The smallest absolute Gasteiger partial charge is 0.320 e. The minimum Gasteiger partial charge on any atom is -0.383 e. The number of benzene rings is 2. The molecule has 0 saturated heterocycles. The Morgan fingerprint density at radius 3 is 2.65 bits per heavy atom. The lowest BCUT2D eigenvalue weighted by molar-refractivity contribution is 0.199. The van der Waals surface area contributed by atoms with Crippen molar-refractivity contribution in [3.8, 4) is 5.69 Å². The number of anilines is 1. The van der Waals surface area contributed by atoms with Crippen LogP contribution in [0.15, 0.2) is 66.9 Å². The van der Waals surface area contributed by atoms with Crippen molar-refractivity contribution in [1.29, 1.82) is 0 Å². The van der Waals surface area contributed by atoms with Crippen LogP contribution in [0.2, 0.25) is 0 Å². The molecule has 1 unspecified atom stereocenters. The summed E-state index contributed by atoms with van der Waals surface area (Å²) in [4.78, 5) is 17.3. The van der Waals surface area contributed by atoms with Gasteiger partial charge in [-0.1, -0.05) is 30.3 Å². The summed E-state index contributed by atoms with van der Waals surface area (Å²) >= 11 is 0. The molecule has 4 aromatic rings. The molecule has 4 rings (SSSR count). The minimum absolute atomic E-state index is 0.165. The van der Waals surface area contributed by atoms with Gasteiger partial charge in [-0.05, 0) is 42.8 Å². The van der Waals surface area contributed by atoms with Gasteiger partial charge in [-0.3, -0.25) is 5.32 Å². The van der Waals surface area contributed by atoms with Crippen LogP contribution >= 0.6 is 0 Å². The lowest BCUT2D eigenvalue weighted by Gasteiger charge is -2.16. The number of carbonyl (C=O) groups excluding carboxylic acids is 1. The molecule has 1 atom stereocenters. The Morgan fingerprint density at radius 2 is 1.91 bits per heavy atom. The molecule has 0 saturated carbocycles. The van der Waals surface area contributed by atoms with Gasteiger partial charge in [0.1, 0.15) is 11.6 Å². The highest BCUT2D eigenvalue weighted by Gasteiger charge is 2.16. The van der Waals surface area contributed by atoms with Crippen molar-refractivity contribution in [3.05, 3.63) is 83.9 Å². The minimum atomic E-state index is -0.354. The number of carbonyl (C=O) groups is 1. The summed E-state index contributed by atoms with van der Waals surface area (Å²) < 4.78 is 20.2. The van der Waals surface area contributed by atoms with Gasteiger partial charge in [0, 0.05) is 25.6 Å². The maximum absolute atomic E-state index is 13.4. The van der Waals surface area contributed by atoms with Crippen molar-refractivity contribution in [1.82, 2.24) is 25.4 Å². The van der Waals surface area contributed by atoms with Gasteiger partial charge >= 0.3 is 6.03 Å². The van der Waals surface area contributed by atoms with Crippen molar-refractivity contribution < 1.29 is 13.9 Å². The second kappa shape index (κ2) is 10.9. The van der Waals surface area contributed by atoms with Crippen LogP contribution in [0.3, 0.4) is 0 Å². The highest BCUT2D eigenvalue weighted by Crippen LogP contribution is 2.24. The number of halogens is 1. The first kappa shape index (κ1) is 23.3. The van der Waals surface area contributed by atoms with E-state index >= 15 is 0 Å². The zero-order valence-corrected chi connectivity index (χ0v) is 19.1. The fourth-order valence-electron chi connectivity index (χ4n) is 3.65. The van der Waals surface area contributed by atoms with Gasteiger partial charge in [-0.25, -0.2) is 18.9 Å². The summed E-state index contributed by atoms with van der Waals surface area (Å²) in [5.41, 5.74) is 3.19. The van der Waals surface area contributed by atoms with Gasteiger partial charge in [0.15, 0.2) is 0 Å². The van der Waals surface area contributed by atoms with Crippen molar-refractivity contribution in [2.75, 3.05) is 25.6 Å². The number of hydrogen-bond acceptors (Lipinski definition) is 5. The van der Waals surface area contributed by atoms with Crippen LogP contribution in [-0.4, -0.2) is 41.1 Å². The monoisotopic (exact) mass is 462 g/mol. The first-order chi connectivity index (χ1) is 16.5. The highest BCUT2D eigenvalue weighted by atomic mass is 19.1. The fourth-order valence-corrected chi connectivity index (χ4v) is 3.65. The number of nitrogens with one attached hydrogen (secondary N) is 3. The standard InChI is InChI=1S/C25H27FN6O2/c1-17(18-6-4-3-5-7-18)29-25(33)31-23-14-19-15-28-32(21-10-8-20(26)9-11-21)24(19)22(30-23)16-27-12-13-34-2/h3-11,14-15,17,27H,12-13,16H2,1-2H3,(H2,29,30,31,33). The third kappa shape index (κ3) is 5.56. The molecule has 34 heavy (non-hydrogen) atoms. The molecule has 0 aliphatic carbocycles. The molecule has 2 aromatic heterocycles. The molecule has 0 aliphatic heterocycles. The average molecular weight is 463 g/mol. The molecule has 3 N–H and O–H groups in total. The molecular formula is C25H27FN6O2. The third-order valence-corrected chi connectivity index (χ3v) is 5.35. The van der Waals surface area contributed by atoms with Gasteiger partial charge in [0.25, 0.3) is 0 Å². The lowest BCUT2D eigenvalue weighted by Crippen LogP contribution is -2.31. The normalized spacial score (nSPS) is 12.0. The van der Waals surface area contributed by atoms with Gasteiger partial charge in [-0.15, -0.1) is 0 Å². The van der Waals surface area contributed by atoms with E-state index in [-0.39, 0.29) is 17.9 Å². The summed E-state index contributed by atoms with van der Waals surface area (Å²) in [6, 6.07) is 17.1. The second-order valence-corrected chi connectivity index (χ2v) is 7.83. The molecule has 8 nitrogen and oxygen atoms in total. The van der Waals surface area contributed by atoms with E-state index in [0.29, 0.717) is 36.9 Å². The van der Waals surface area contributed by atoms with E-state index in [1.807, 2.05) is 37.3 Å². The Labute approximate surface area is 197 Å². The Morgan fingerprint density at radius 1 is 1.15 bits per heavy atom. The Hall–Kier alpha value is -3.82. The topological polar surface area (TPSA) is 93.1 Å². The maximum atomic E-state index is 13.4. The number of rotatable bonds is 9. The zero-order valence-electron chi connectivity index (χ0n) is 19.1. The summed E-state index contributed by atoms with van der Waals surface area (Å²) in [6.45, 7) is 3.54. The summed E-state index contributed by atoms with van der Waals surface area (Å²) in [5, 5.41) is 14.3. The van der Waals surface area contributed by atoms with Crippen LogP contribution < -0.4 is 16.0 Å². The molecule has 2 heterocycles. The first-order valence-electron chi connectivity index (χ1n) is 11.0. The van der Waals surface area contributed by atoms with E-state index < -0.39 is 0 Å². The summed E-state index contributed by atoms with van der Waals surface area (Å²) in [7, 11) is 1.64. The Balaban J connectivity index is 1.60. The van der Waals surface area contributed by atoms with Crippen LogP contribution in [0, 0.1) is 5.82 Å². The van der Waals surface area contributed by atoms with Crippen molar-refractivity contribution >= 4 is 22.8 Å². The molecule has 2 amide bonds. The molecule has 0 fully saturated rings. The Kier molecular flexibility index (Phi) is 7.46. The van der Waals surface area contributed by atoms with Crippen molar-refractivity contribution in [2.24, 2.45) is 0 Å². The molecule has 0 spiro atoms. The van der Waals surface area contributed by atoms with E-state index in [4.69, 9.17) is 4.74 Å². The van der Waals surface area contributed by atoms with Crippen LogP contribution in [0.4, 0.5) is 15.0 Å². The summed E-state index contributed by atoms with van der Waals surface area (Å²) in [6.07, 6.45) is 1.70. The highest BCUT2D eigenvalue weighted by molar-refractivity contribution is 5.92. The predicted octanol–water partition coefficient (Wildman–Crippen LogP) is 4.18. The number of ether oxygens (including phenoxy) is 1. The molecule has 9 heteroatoms. The van der Waals surface area contributed by atoms with E-state index in [1.165, 1.54) is 12.1 Å². The number of nitrogens with zero attached hydrogens (tertiary/aromatic N) is 3. The van der Waals surface area contributed by atoms with Crippen molar-refractivity contribution in [3.63, 3.8) is 0 Å². The number of aromatic nitrogens is 3. The molecular weight excluding hydrogens is 435 g/mol. The van der Waals surface area contributed by atoms with E-state index in [1.54, 1.807) is 36.2 Å². The van der Waals surface area contributed by atoms with E-state index in [2.05, 4.69) is 26.0 Å². The number of hydrogen-bond donors (Lipinski definition) is 3.